The first-order chi connectivity index (χ1) is 8.83. The standard InChI is InChI=1S/C14H19N3O/c1-3-12(10-18-2)16-13-5-4-6-14(9-13)17-8-7-15-11-17/h4-9,11-12,16H,3,10H2,1-2H3. The van der Waals surface area contributed by atoms with Gasteiger partial charge in [0.05, 0.1) is 12.9 Å². The summed E-state index contributed by atoms with van der Waals surface area (Å²) in [6, 6.07) is 8.62. The summed E-state index contributed by atoms with van der Waals surface area (Å²) in [6.45, 7) is 2.86. The number of methoxy groups -OCH3 is 1. The lowest BCUT2D eigenvalue weighted by Gasteiger charge is -2.17. The second-order valence-electron chi connectivity index (χ2n) is 4.23. The topological polar surface area (TPSA) is 39.1 Å². The minimum absolute atomic E-state index is 0.341. The number of rotatable bonds is 6. The number of nitrogens with zero attached hydrogens (tertiary/aromatic N) is 2. The van der Waals surface area contributed by atoms with E-state index >= 15 is 0 Å². The molecule has 1 aromatic heterocycles. The van der Waals surface area contributed by atoms with Gasteiger partial charge in [0.25, 0.3) is 0 Å². The molecule has 2 rings (SSSR count). The normalized spacial score (nSPS) is 12.3. The molecule has 1 unspecified atom stereocenters. The summed E-state index contributed by atoms with van der Waals surface area (Å²) in [7, 11) is 1.73. The van der Waals surface area contributed by atoms with E-state index in [1.807, 2.05) is 16.8 Å². The van der Waals surface area contributed by atoms with Crippen molar-refractivity contribution in [1.82, 2.24) is 9.55 Å². The van der Waals surface area contributed by atoms with E-state index in [4.69, 9.17) is 4.74 Å². The van der Waals surface area contributed by atoms with E-state index in [1.165, 1.54) is 0 Å². The highest BCUT2D eigenvalue weighted by atomic mass is 16.5. The van der Waals surface area contributed by atoms with Crippen LogP contribution in [0.25, 0.3) is 5.69 Å². The maximum absolute atomic E-state index is 5.19. The summed E-state index contributed by atoms with van der Waals surface area (Å²) in [5.74, 6) is 0. The third-order valence-corrected chi connectivity index (χ3v) is 2.88. The quantitative estimate of drug-likeness (QED) is 0.850. The van der Waals surface area contributed by atoms with Crippen molar-refractivity contribution in [3.8, 4) is 5.69 Å². The van der Waals surface area contributed by atoms with Gasteiger partial charge in [-0.3, -0.25) is 0 Å². The Labute approximate surface area is 108 Å². The molecule has 0 aliphatic rings. The fourth-order valence-electron chi connectivity index (χ4n) is 1.87. The number of aromatic nitrogens is 2. The van der Waals surface area contributed by atoms with Crippen LogP contribution in [0.4, 0.5) is 5.69 Å². The van der Waals surface area contributed by atoms with Gasteiger partial charge in [-0.2, -0.15) is 0 Å². The first-order valence-electron chi connectivity index (χ1n) is 6.17. The van der Waals surface area contributed by atoms with Crippen LogP contribution < -0.4 is 5.32 Å². The highest BCUT2D eigenvalue weighted by Crippen LogP contribution is 2.16. The molecule has 18 heavy (non-hydrogen) atoms. The van der Waals surface area contributed by atoms with Gasteiger partial charge in [0, 0.05) is 36.9 Å². The number of hydrogen-bond donors (Lipinski definition) is 1. The van der Waals surface area contributed by atoms with Gasteiger partial charge < -0.3 is 14.6 Å². The molecular weight excluding hydrogens is 226 g/mol. The Morgan fingerprint density at radius 1 is 1.44 bits per heavy atom. The lowest BCUT2D eigenvalue weighted by atomic mass is 10.2. The minimum atomic E-state index is 0.341. The van der Waals surface area contributed by atoms with Crippen LogP contribution in [0.5, 0.6) is 0 Å². The second kappa shape index (κ2) is 6.21. The Kier molecular flexibility index (Phi) is 4.36. The Balaban J connectivity index is 2.12. The molecule has 4 heteroatoms. The van der Waals surface area contributed by atoms with Gasteiger partial charge in [0.2, 0.25) is 0 Å². The number of anilines is 1. The molecule has 0 saturated heterocycles. The fraction of sp³-hybridized carbons (Fsp3) is 0.357. The van der Waals surface area contributed by atoms with Crippen LogP contribution in [0.3, 0.4) is 0 Å². The van der Waals surface area contributed by atoms with Crippen LogP contribution in [-0.2, 0) is 4.74 Å². The number of hydrogen-bond acceptors (Lipinski definition) is 3. The predicted molar refractivity (Wildman–Crippen MR) is 73.1 cm³/mol. The summed E-state index contributed by atoms with van der Waals surface area (Å²) in [4.78, 5) is 4.06. The zero-order valence-corrected chi connectivity index (χ0v) is 10.8. The number of ether oxygens (including phenoxy) is 1. The molecule has 0 saturated carbocycles. The van der Waals surface area contributed by atoms with Gasteiger partial charge in [-0.25, -0.2) is 4.98 Å². The van der Waals surface area contributed by atoms with E-state index in [1.54, 1.807) is 19.6 Å². The molecule has 0 fully saturated rings. The van der Waals surface area contributed by atoms with E-state index in [0.29, 0.717) is 12.6 Å². The molecule has 0 aliphatic carbocycles. The lowest BCUT2D eigenvalue weighted by molar-refractivity contribution is 0.184. The van der Waals surface area contributed by atoms with E-state index in [9.17, 15) is 0 Å². The average molecular weight is 245 g/mol. The predicted octanol–water partition coefficient (Wildman–Crippen LogP) is 2.71. The molecule has 1 heterocycles. The van der Waals surface area contributed by atoms with Gasteiger partial charge in [-0.1, -0.05) is 13.0 Å². The van der Waals surface area contributed by atoms with E-state index in [0.717, 1.165) is 17.8 Å². The third-order valence-electron chi connectivity index (χ3n) is 2.88. The van der Waals surface area contributed by atoms with E-state index < -0.39 is 0 Å². The summed E-state index contributed by atoms with van der Waals surface area (Å²) in [5.41, 5.74) is 2.20. The number of imidazole rings is 1. The SMILES string of the molecule is CCC(COC)Nc1cccc(-n2ccnc2)c1. The van der Waals surface area contributed by atoms with Gasteiger partial charge in [0.1, 0.15) is 0 Å². The van der Waals surface area contributed by atoms with Crippen LogP contribution in [0.1, 0.15) is 13.3 Å². The monoisotopic (exact) mass is 245 g/mol. The highest BCUT2D eigenvalue weighted by molar-refractivity contribution is 5.51. The van der Waals surface area contributed by atoms with Crippen molar-refractivity contribution < 1.29 is 4.74 Å². The van der Waals surface area contributed by atoms with Crippen molar-refractivity contribution in [2.45, 2.75) is 19.4 Å². The van der Waals surface area contributed by atoms with Crippen molar-refractivity contribution in [1.29, 1.82) is 0 Å². The Morgan fingerprint density at radius 3 is 3.00 bits per heavy atom. The minimum Gasteiger partial charge on any atom is -0.383 e. The van der Waals surface area contributed by atoms with Crippen LogP contribution in [-0.4, -0.2) is 29.3 Å². The number of benzene rings is 1. The van der Waals surface area contributed by atoms with Crippen LogP contribution in [0.2, 0.25) is 0 Å². The molecular formula is C14H19N3O. The van der Waals surface area contributed by atoms with Crippen LogP contribution >= 0.6 is 0 Å². The van der Waals surface area contributed by atoms with Gasteiger partial charge in [-0.05, 0) is 24.6 Å². The molecule has 0 radical (unpaired) electrons. The third kappa shape index (κ3) is 3.11. The zero-order valence-electron chi connectivity index (χ0n) is 10.8. The largest absolute Gasteiger partial charge is 0.383 e. The molecule has 0 bridgehead atoms. The Hall–Kier alpha value is -1.81. The molecule has 1 atom stereocenters. The number of nitrogens with one attached hydrogen (secondary N) is 1. The summed E-state index contributed by atoms with van der Waals surface area (Å²) < 4.78 is 7.18. The smallest absolute Gasteiger partial charge is 0.0991 e. The Bertz CT molecular complexity index is 468. The Morgan fingerprint density at radius 2 is 2.33 bits per heavy atom. The highest BCUT2D eigenvalue weighted by Gasteiger charge is 2.05. The average Bonchev–Trinajstić information content (AvgIpc) is 2.92. The lowest BCUT2D eigenvalue weighted by Crippen LogP contribution is -2.23. The van der Waals surface area contributed by atoms with Crippen molar-refractivity contribution in [2.24, 2.45) is 0 Å². The van der Waals surface area contributed by atoms with Gasteiger partial charge >= 0.3 is 0 Å². The molecule has 1 aromatic carbocycles. The van der Waals surface area contributed by atoms with Crippen molar-refractivity contribution in [3.63, 3.8) is 0 Å². The molecule has 0 amide bonds. The van der Waals surface area contributed by atoms with Crippen LogP contribution in [0, 0.1) is 0 Å². The molecule has 2 aromatic rings. The first kappa shape index (κ1) is 12.6. The molecule has 0 spiro atoms. The zero-order chi connectivity index (χ0) is 12.8. The fourth-order valence-corrected chi connectivity index (χ4v) is 1.87. The van der Waals surface area contributed by atoms with Crippen molar-refractivity contribution in [2.75, 3.05) is 19.0 Å². The van der Waals surface area contributed by atoms with Crippen molar-refractivity contribution >= 4 is 5.69 Å². The molecule has 96 valence electrons. The first-order valence-corrected chi connectivity index (χ1v) is 6.17. The molecule has 1 N–H and O–H groups in total. The molecule has 0 aliphatic heterocycles. The van der Waals surface area contributed by atoms with Crippen molar-refractivity contribution in [3.05, 3.63) is 43.0 Å². The second-order valence-corrected chi connectivity index (χ2v) is 4.23. The summed E-state index contributed by atoms with van der Waals surface area (Å²) in [6.07, 6.45) is 6.54. The maximum atomic E-state index is 5.19. The maximum Gasteiger partial charge on any atom is 0.0991 e. The van der Waals surface area contributed by atoms with Crippen LogP contribution in [0.15, 0.2) is 43.0 Å². The molecule has 4 nitrogen and oxygen atoms in total. The van der Waals surface area contributed by atoms with E-state index in [2.05, 4.69) is 35.4 Å². The van der Waals surface area contributed by atoms with E-state index in [-0.39, 0.29) is 0 Å². The van der Waals surface area contributed by atoms with Gasteiger partial charge in [-0.15, -0.1) is 0 Å². The summed E-state index contributed by atoms with van der Waals surface area (Å²) in [5, 5.41) is 3.47. The van der Waals surface area contributed by atoms with Gasteiger partial charge in [0.15, 0.2) is 0 Å². The summed E-state index contributed by atoms with van der Waals surface area (Å²) >= 11 is 0.